The third-order valence-electron chi connectivity index (χ3n) is 4.32. The Morgan fingerprint density at radius 1 is 1.08 bits per heavy atom. The molecule has 136 valence electrons. The van der Waals surface area contributed by atoms with Crippen molar-refractivity contribution in [1.29, 1.82) is 0 Å². The van der Waals surface area contributed by atoms with Crippen molar-refractivity contribution in [3.05, 3.63) is 59.7 Å². The molecule has 2 aromatic rings. The number of ether oxygens (including phenoxy) is 2. The predicted molar refractivity (Wildman–Crippen MR) is 104 cm³/mol. The van der Waals surface area contributed by atoms with Crippen LogP contribution in [0.4, 0.5) is 0 Å². The molecule has 1 N–H and O–H groups in total. The van der Waals surface area contributed by atoms with Gasteiger partial charge in [-0.2, -0.15) is 0 Å². The van der Waals surface area contributed by atoms with Crippen molar-refractivity contribution in [1.82, 2.24) is 10.2 Å². The average molecular weight is 363 g/mol. The molecule has 0 radical (unpaired) electrons. The second kappa shape index (κ2) is 9.66. The quantitative estimate of drug-likeness (QED) is 0.852. The van der Waals surface area contributed by atoms with E-state index < -0.39 is 0 Å². The van der Waals surface area contributed by atoms with Crippen molar-refractivity contribution in [3.8, 4) is 11.5 Å². The first-order chi connectivity index (χ1) is 11.7. The number of nitrogens with zero attached hydrogens (tertiary/aromatic N) is 1. The van der Waals surface area contributed by atoms with E-state index in [2.05, 4.69) is 41.4 Å². The maximum absolute atomic E-state index is 5.93. The molecule has 4 nitrogen and oxygen atoms in total. The van der Waals surface area contributed by atoms with Gasteiger partial charge >= 0.3 is 0 Å². The number of hydrogen-bond acceptors (Lipinski definition) is 4. The van der Waals surface area contributed by atoms with Crippen molar-refractivity contribution in [2.24, 2.45) is 0 Å². The summed E-state index contributed by atoms with van der Waals surface area (Å²) in [4.78, 5) is 2.47. The first-order valence-corrected chi connectivity index (χ1v) is 8.54. The molecule has 0 bridgehead atoms. The number of piperazine rings is 1. The highest BCUT2D eigenvalue weighted by Gasteiger charge is 2.16. The van der Waals surface area contributed by atoms with Crippen LogP contribution in [0.2, 0.25) is 0 Å². The summed E-state index contributed by atoms with van der Waals surface area (Å²) in [5.41, 5.74) is 2.41. The van der Waals surface area contributed by atoms with Crippen LogP contribution in [0.5, 0.6) is 11.5 Å². The van der Waals surface area contributed by atoms with Gasteiger partial charge in [-0.05, 0) is 30.2 Å². The second-order valence-electron chi connectivity index (χ2n) is 6.35. The van der Waals surface area contributed by atoms with Crippen LogP contribution in [0.3, 0.4) is 0 Å². The minimum atomic E-state index is 0. The Morgan fingerprint density at radius 2 is 1.88 bits per heavy atom. The largest absolute Gasteiger partial charge is 0.493 e. The van der Waals surface area contributed by atoms with Gasteiger partial charge < -0.3 is 14.8 Å². The van der Waals surface area contributed by atoms with Crippen molar-refractivity contribution in [2.45, 2.75) is 26.1 Å². The summed E-state index contributed by atoms with van der Waals surface area (Å²) in [6.07, 6.45) is 0. The average Bonchev–Trinajstić information content (AvgIpc) is 2.61. The van der Waals surface area contributed by atoms with E-state index in [0.29, 0.717) is 12.6 Å². The third kappa shape index (κ3) is 5.63. The van der Waals surface area contributed by atoms with E-state index in [1.54, 1.807) is 7.11 Å². The van der Waals surface area contributed by atoms with Crippen LogP contribution in [0.1, 0.15) is 18.1 Å². The van der Waals surface area contributed by atoms with Crippen LogP contribution in [0, 0.1) is 0 Å². The van der Waals surface area contributed by atoms with E-state index in [9.17, 15) is 0 Å². The van der Waals surface area contributed by atoms with Gasteiger partial charge in [0.25, 0.3) is 0 Å². The van der Waals surface area contributed by atoms with E-state index in [1.165, 1.54) is 5.56 Å². The molecule has 2 aromatic carbocycles. The Labute approximate surface area is 156 Å². The van der Waals surface area contributed by atoms with Gasteiger partial charge in [-0.15, -0.1) is 12.4 Å². The fraction of sp³-hybridized carbons (Fsp3) is 0.400. The summed E-state index contributed by atoms with van der Waals surface area (Å²) < 4.78 is 11.5. The highest BCUT2D eigenvalue weighted by molar-refractivity contribution is 5.85. The number of halogens is 1. The van der Waals surface area contributed by atoms with E-state index in [1.807, 2.05) is 24.3 Å². The van der Waals surface area contributed by atoms with Gasteiger partial charge in [0, 0.05) is 32.2 Å². The topological polar surface area (TPSA) is 33.7 Å². The normalized spacial score (nSPS) is 17.6. The van der Waals surface area contributed by atoms with E-state index in [-0.39, 0.29) is 12.4 Å². The maximum Gasteiger partial charge on any atom is 0.161 e. The van der Waals surface area contributed by atoms with Gasteiger partial charge in [-0.25, -0.2) is 0 Å². The number of benzene rings is 2. The zero-order valence-electron chi connectivity index (χ0n) is 14.9. The minimum absolute atomic E-state index is 0. The monoisotopic (exact) mass is 362 g/mol. The van der Waals surface area contributed by atoms with Crippen LogP contribution in [0.15, 0.2) is 48.5 Å². The SMILES string of the molecule is COc1cc(CN2CCN[C@@H](C)C2)ccc1OCc1ccccc1.Cl. The molecule has 1 aliphatic heterocycles. The molecule has 1 atom stereocenters. The molecule has 0 unspecified atom stereocenters. The molecule has 3 rings (SSSR count). The number of nitrogens with one attached hydrogen (secondary N) is 1. The summed E-state index contributed by atoms with van der Waals surface area (Å²) in [5, 5.41) is 3.48. The van der Waals surface area contributed by atoms with Crippen molar-refractivity contribution >= 4 is 12.4 Å². The lowest BCUT2D eigenvalue weighted by Gasteiger charge is -2.31. The summed E-state index contributed by atoms with van der Waals surface area (Å²) in [7, 11) is 1.70. The number of methoxy groups -OCH3 is 1. The summed E-state index contributed by atoms with van der Waals surface area (Å²) in [6, 6.07) is 17.0. The molecule has 0 amide bonds. The molecular formula is C20H27ClN2O2. The van der Waals surface area contributed by atoms with Crippen LogP contribution in [-0.4, -0.2) is 37.7 Å². The minimum Gasteiger partial charge on any atom is -0.493 e. The fourth-order valence-electron chi connectivity index (χ4n) is 3.08. The molecule has 0 saturated carbocycles. The second-order valence-corrected chi connectivity index (χ2v) is 6.35. The summed E-state index contributed by atoms with van der Waals surface area (Å²) in [6.45, 7) is 6.94. The molecule has 1 aliphatic rings. The Kier molecular flexibility index (Phi) is 7.56. The van der Waals surface area contributed by atoms with Gasteiger partial charge in [0.1, 0.15) is 6.61 Å². The lowest BCUT2D eigenvalue weighted by atomic mass is 10.1. The van der Waals surface area contributed by atoms with Gasteiger partial charge in [0.15, 0.2) is 11.5 Å². The lowest BCUT2D eigenvalue weighted by molar-refractivity contribution is 0.199. The molecule has 5 heteroatoms. The highest BCUT2D eigenvalue weighted by atomic mass is 35.5. The van der Waals surface area contributed by atoms with Gasteiger partial charge in [0.2, 0.25) is 0 Å². The Hall–Kier alpha value is -1.75. The van der Waals surface area contributed by atoms with Crippen LogP contribution in [0.25, 0.3) is 0 Å². The maximum atomic E-state index is 5.93. The molecular weight excluding hydrogens is 336 g/mol. The van der Waals surface area contributed by atoms with Crippen LogP contribution >= 0.6 is 12.4 Å². The van der Waals surface area contributed by atoms with Gasteiger partial charge in [-0.1, -0.05) is 36.4 Å². The zero-order valence-corrected chi connectivity index (χ0v) is 15.7. The first-order valence-electron chi connectivity index (χ1n) is 8.54. The molecule has 1 saturated heterocycles. The van der Waals surface area contributed by atoms with Crippen molar-refractivity contribution in [2.75, 3.05) is 26.7 Å². The lowest BCUT2D eigenvalue weighted by Crippen LogP contribution is -2.48. The standard InChI is InChI=1S/C20H26N2O2.ClH/c1-16-13-22(11-10-21-16)14-18-8-9-19(20(12-18)23-2)24-15-17-6-4-3-5-7-17;/h3-9,12,16,21H,10-11,13-15H2,1-2H3;1H/t16-;/m0./s1. The van der Waals surface area contributed by atoms with E-state index in [4.69, 9.17) is 9.47 Å². The summed E-state index contributed by atoms with van der Waals surface area (Å²) in [5.74, 6) is 1.59. The van der Waals surface area contributed by atoms with Crippen LogP contribution in [-0.2, 0) is 13.2 Å². The smallest absolute Gasteiger partial charge is 0.161 e. The van der Waals surface area contributed by atoms with E-state index >= 15 is 0 Å². The fourth-order valence-corrected chi connectivity index (χ4v) is 3.08. The predicted octanol–water partition coefficient (Wildman–Crippen LogP) is 3.49. The third-order valence-corrected chi connectivity index (χ3v) is 4.32. The van der Waals surface area contributed by atoms with E-state index in [0.717, 1.165) is 43.2 Å². The molecule has 0 spiro atoms. The molecule has 1 heterocycles. The molecule has 0 aliphatic carbocycles. The Bertz CT molecular complexity index is 651. The highest BCUT2D eigenvalue weighted by Crippen LogP contribution is 2.29. The Morgan fingerprint density at radius 3 is 2.60 bits per heavy atom. The Balaban J connectivity index is 0.00000225. The van der Waals surface area contributed by atoms with Crippen molar-refractivity contribution < 1.29 is 9.47 Å². The zero-order chi connectivity index (χ0) is 16.8. The van der Waals surface area contributed by atoms with Crippen molar-refractivity contribution in [3.63, 3.8) is 0 Å². The van der Waals surface area contributed by atoms with Crippen LogP contribution < -0.4 is 14.8 Å². The van der Waals surface area contributed by atoms with Gasteiger partial charge in [0.05, 0.1) is 7.11 Å². The van der Waals surface area contributed by atoms with Gasteiger partial charge in [-0.3, -0.25) is 4.90 Å². The first kappa shape index (κ1) is 19.6. The molecule has 1 fully saturated rings. The molecule has 0 aromatic heterocycles. The number of hydrogen-bond donors (Lipinski definition) is 1. The molecule has 25 heavy (non-hydrogen) atoms. The summed E-state index contributed by atoms with van der Waals surface area (Å²) >= 11 is 0. The number of rotatable bonds is 6.